The normalized spacial score (nSPS) is 13.0. The third-order valence-corrected chi connectivity index (χ3v) is 10.5. The minimum absolute atomic E-state index is 0.693. The van der Waals surface area contributed by atoms with E-state index in [1.54, 1.807) is 0 Å². The highest BCUT2D eigenvalue weighted by atomic mass is 32.1. The van der Waals surface area contributed by atoms with E-state index in [-0.39, 0.29) is 0 Å². The lowest BCUT2D eigenvalue weighted by Crippen LogP contribution is -2.59. The van der Waals surface area contributed by atoms with Crippen LogP contribution in [0.5, 0.6) is 0 Å². The maximum atomic E-state index is 5.35. The molecule has 0 aliphatic heterocycles. The molecule has 0 amide bonds. The molecule has 0 aromatic heterocycles. The second kappa shape index (κ2) is 6.28. The second-order valence-corrected chi connectivity index (χ2v) is 16.7. The van der Waals surface area contributed by atoms with Gasteiger partial charge in [-0.25, -0.2) is 0 Å². The van der Waals surface area contributed by atoms with Crippen LogP contribution in [0.4, 0.5) is 0 Å². The Balaban J connectivity index is 4.42. The van der Waals surface area contributed by atoms with E-state index < -0.39 is 16.5 Å². The minimum Gasteiger partial charge on any atom is -0.487 e. The Bertz CT molecular complexity index is 219. The van der Waals surface area contributed by atoms with Gasteiger partial charge in [0.1, 0.15) is 16.5 Å². The first-order valence-electron chi connectivity index (χ1n) is 6.02. The van der Waals surface area contributed by atoms with E-state index in [0.717, 1.165) is 18.0 Å². The van der Waals surface area contributed by atoms with E-state index in [1.165, 1.54) is 0 Å². The van der Waals surface area contributed by atoms with Crippen LogP contribution >= 0.6 is 12.2 Å². The molecule has 0 rings (SSSR count). The van der Waals surface area contributed by atoms with Crippen molar-refractivity contribution in [3.8, 4) is 0 Å². The highest BCUT2D eigenvalue weighted by molar-refractivity contribution is 7.80. The molecule has 5 heteroatoms. The number of nitrogens with zero attached hydrogens (tertiary/aromatic N) is 1. The van der Waals surface area contributed by atoms with Gasteiger partial charge in [0, 0.05) is 6.42 Å². The molecule has 0 saturated heterocycles. The van der Waals surface area contributed by atoms with Gasteiger partial charge in [-0.05, 0) is 25.7 Å². The largest absolute Gasteiger partial charge is 0.487 e. The summed E-state index contributed by atoms with van der Waals surface area (Å²) < 4.78 is 8.09. The van der Waals surface area contributed by atoms with E-state index >= 15 is 0 Å². The Kier molecular flexibility index (Phi) is 6.39. The SMILES string of the molecule is CCOC(=S)CCN([Si](C)(C)C)[Si](C)(C)C. The van der Waals surface area contributed by atoms with Crippen LogP contribution in [-0.2, 0) is 4.74 Å². The van der Waals surface area contributed by atoms with Crippen molar-refractivity contribution >= 4 is 33.7 Å². The first-order chi connectivity index (χ1) is 7.09. The number of hydrogen-bond acceptors (Lipinski definition) is 3. The Morgan fingerprint density at radius 3 is 1.81 bits per heavy atom. The molecule has 96 valence electrons. The quantitative estimate of drug-likeness (QED) is 0.542. The van der Waals surface area contributed by atoms with Crippen LogP contribution in [0.3, 0.4) is 0 Å². The monoisotopic (exact) mass is 277 g/mol. The summed E-state index contributed by atoms with van der Waals surface area (Å²) in [4.78, 5) is 0. The summed E-state index contributed by atoms with van der Waals surface area (Å²) in [5.41, 5.74) is 0. The summed E-state index contributed by atoms with van der Waals surface area (Å²) >= 11 is 5.20. The lowest BCUT2D eigenvalue weighted by atomic mass is 10.5. The van der Waals surface area contributed by atoms with Crippen LogP contribution in [0.25, 0.3) is 0 Å². The van der Waals surface area contributed by atoms with Crippen molar-refractivity contribution in [3.63, 3.8) is 0 Å². The number of ether oxygens (including phenoxy) is 1. The van der Waals surface area contributed by atoms with Gasteiger partial charge in [0.25, 0.3) is 0 Å². The lowest BCUT2D eigenvalue weighted by Gasteiger charge is -2.43. The zero-order chi connectivity index (χ0) is 13.0. The molecule has 0 saturated carbocycles. The van der Waals surface area contributed by atoms with E-state index in [9.17, 15) is 0 Å². The van der Waals surface area contributed by atoms with Crippen LogP contribution in [0.1, 0.15) is 13.3 Å². The molecule has 16 heavy (non-hydrogen) atoms. The summed E-state index contributed by atoms with van der Waals surface area (Å²) in [5, 5.41) is 0.768. The molecule has 0 aliphatic carbocycles. The van der Waals surface area contributed by atoms with Gasteiger partial charge in [-0.15, -0.1) is 0 Å². The van der Waals surface area contributed by atoms with Crippen LogP contribution in [0.2, 0.25) is 39.3 Å². The van der Waals surface area contributed by atoms with Gasteiger partial charge in [0.2, 0.25) is 0 Å². The Labute approximate surface area is 109 Å². The van der Waals surface area contributed by atoms with Crippen molar-refractivity contribution in [1.29, 1.82) is 0 Å². The molecule has 0 unspecified atom stereocenters. The van der Waals surface area contributed by atoms with Crippen molar-refractivity contribution in [2.75, 3.05) is 13.2 Å². The average molecular weight is 278 g/mol. The van der Waals surface area contributed by atoms with Crippen molar-refractivity contribution in [2.45, 2.75) is 52.6 Å². The molecule has 0 N–H and O–H groups in total. The highest BCUT2D eigenvalue weighted by Crippen LogP contribution is 2.20. The Hall–Kier alpha value is 0.284. The molecule has 0 heterocycles. The van der Waals surface area contributed by atoms with Crippen LogP contribution < -0.4 is 0 Å². The maximum absolute atomic E-state index is 5.35. The zero-order valence-electron chi connectivity index (χ0n) is 11.9. The summed E-state index contributed by atoms with van der Waals surface area (Å²) in [6.45, 7) is 18.2. The maximum Gasteiger partial charge on any atom is 0.160 e. The zero-order valence-corrected chi connectivity index (χ0v) is 14.7. The van der Waals surface area contributed by atoms with Gasteiger partial charge in [0.05, 0.1) is 6.61 Å². The Morgan fingerprint density at radius 1 is 1.06 bits per heavy atom. The molecular weight excluding hydrogens is 250 g/mol. The first-order valence-corrected chi connectivity index (χ1v) is 13.3. The van der Waals surface area contributed by atoms with Crippen LogP contribution in [0.15, 0.2) is 0 Å². The highest BCUT2D eigenvalue weighted by Gasteiger charge is 2.33. The standard InChI is InChI=1S/C11H27NOSSi2/c1-8-13-11(14)9-10-12(15(2,3)4)16(5,6)7/h8-10H2,1-7H3. The van der Waals surface area contributed by atoms with E-state index in [4.69, 9.17) is 17.0 Å². The third kappa shape index (κ3) is 6.13. The molecule has 0 atom stereocenters. The predicted octanol–water partition coefficient (Wildman–Crippen LogP) is 3.71. The predicted molar refractivity (Wildman–Crippen MR) is 82.2 cm³/mol. The fourth-order valence-corrected chi connectivity index (χ4v) is 11.9. The molecule has 0 aliphatic rings. The third-order valence-electron chi connectivity index (χ3n) is 2.46. The van der Waals surface area contributed by atoms with Gasteiger partial charge < -0.3 is 8.97 Å². The van der Waals surface area contributed by atoms with Gasteiger partial charge >= 0.3 is 0 Å². The van der Waals surface area contributed by atoms with Crippen molar-refractivity contribution in [2.24, 2.45) is 0 Å². The van der Waals surface area contributed by atoms with Gasteiger partial charge in [-0.1, -0.05) is 39.3 Å². The average Bonchev–Trinajstić information content (AvgIpc) is 1.99. The Morgan fingerprint density at radius 2 is 1.50 bits per heavy atom. The van der Waals surface area contributed by atoms with E-state index in [1.807, 2.05) is 6.92 Å². The van der Waals surface area contributed by atoms with Crippen LogP contribution in [0, 0.1) is 0 Å². The summed E-state index contributed by atoms with van der Waals surface area (Å²) in [5.74, 6) is 0. The van der Waals surface area contributed by atoms with Gasteiger partial charge in [-0.3, -0.25) is 0 Å². The number of rotatable bonds is 6. The van der Waals surface area contributed by atoms with Crippen LogP contribution in [-0.4, -0.2) is 38.9 Å². The summed E-state index contributed by atoms with van der Waals surface area (Å²) in [6.07, 6.45) is 0.901. The van der Waals surface area contributed by atoms with Crippen molar-refractivity contribution < 1.29 is 4.74 Å². The molecule has 0 radical (unpaired) electrons. The molecule has 0 bridgehead atoms. The molecule has 0 fully saturated rings. The fraction of sp³-hybridized carbons (Fsp3) is 0.909. The number of thiocarbonyl (C=S) groups is 1. The summed E-state index contributed by atoms with van der Waals surface area (Å²) in [7, 11) is -2.46. The van der Waals surface area contributed by atoms with Gasteiger partial charge in [-0.2, -0.15) is 0 Å². The first kappa shape index (κ1) is 16.3. The van der Waals surface area contributed by atoms with Crippen molar-refractivity contribution in [1.82, 2.24) is 4.23 Å². The van der Waals surface area contributed by atoms with Crippen molar-refractivity contribution in [3.05, 3.63) is 0 Å². The molecule has 0 aromatic rings. The number of hydrogen-bond donors (Lipinski definition) is 0. The lowest BCUT2D eigenvalue weighted by molar-refractivity contribution is 0.325. The van der Waals surface area contributed by atoms with E-state index in [2.05, 4.69) is 43.5 Å². The minimum atomic E-state index is -1.23. The smallest absolute Gasteiger partial charge is 0.160 e. The molecule has 2 nitrogen and oxygen atoms in total. The molecule has 0 spiro atoms. The second-order valence-electron chi connectivity index (χ2n) is 6.05. The topological polar surface area (TPSA) is 12.5 Å². The van der Waals surface area contributed by atoms with Gasteiger partial charge in [0.15, 0.2) is 5.05 Å². The summed E-state index contributed by atoms with van der Waals surface area (Å²) in [6, 6.07) is 0. The van der Waals surface area contributed by atoms with E-state index in [0.29, 0.717) is 6.61 Å². The molecule has 0 aromatic carbocycles. The molecular formula is C11H27NOSSi2. The fourth-order valence-electron chi connectivity index (χ4n) is 2.11.